The fourth-order valence-corrected chi connectivity index (χ4v) is 6.20. The van der Waals surface area contributed by atoms with Crippen LogP contribution in [-0.2, 0) is 5.54 Å². The monoisotopic (exact) mass is 538 g/mol. The van der Waals surface area contributed by atoms with E-state index in [0.717, 1.165) is 54.2 Å². The van der Waals surface area contributed by atoms with Crippen molar-refractivity contribution in [2.75, 3.05) is 42.5 Å². The number of fused-ring (bicyclic) bond motifs is 6. The minimum Gasteiger partial charge on any atom is -0.456 e. The van der Waals surface area contributed by atoms with Gasteiger partial charge in [-0.15, -0.1) is 0 Å². The number of carbonyl (C=O) groups is 1. The molecule has 0 unspecified atom stereocenters. The summed E-state index contributed by atoms with van der Waals surface area (Å²) in [5.41, 5.74) is 16.5. The molecule has 0 radical (unpaired) electrons. The molecular weight excluding hydrogens is 500 g/mol. The molecule has 2 aliphatic rings. The van der Waals surface area contributed by atoms with Gasteiger partial charge in [-0.3, -0.25) is 4.79 Å². The molecule has 1 spiro atoms. The lowest BCUT2D eigenvalue weighted by molar-refractivity contribution is 0.0702. The average molecular weight is 539 g/mol. The number of hydrogen-bond donors (Lipinski definition) is 2. The number of hydrogen-bond acceptors (Lipinski definition) is 6. The van der Waals surface area contributed by atoms with Gasteiger partial charge < -0.3 is 30.9 Å². The Kier molecular flexibility index (Phi) is 7.19. The molecule has 0 fully saturated rings. The molecule has 0 saturated heterocycles. The average Bonchev–Trinajstić information content (AvgIpc) is 3.18. The molecule has 0 aliphatic carbocycles. The van der Waals surface area contributed by atoms with Crippen LogP contribution in [0.4, 0.5) is 11.4 Å². The third kappa shape index (κ3) is 4.15. The fraction of sp³-hybridized carbons (Fsp3) is 0.312. The predicted molar refractivity (Wildman–Crippen MR) is 162 cm³/mol. The second kappa shape index (κ2) is 10.6. The van der Waals surface area contributed by atoms with Crippen molar-refractivity contribution < 1.29 is 9.53 Å². The van der Waals surface area contributed by atoms with E-state index in [4.69, 9.17) is 16.2 Å². The van der Waals surface area contributed by atoms with Crippen LogP contribution in [0.5, 0.6) is 11.5 Å². The topological polar surface area (TPSA) is 100 Å². The van der Waals surface area contributed by atoms with Crippen molar-refractivity contribution in [2.24, 2.45) is 16.5 Å². The summed E-state index contributed by atoms with van der Waals surface area (Å²) < 4.78 is 6.71. The molecule has 3 aromatic rings. The Bertz CT molecular complexity index is 1430. The van der Waals surface area contributed by atoms with Crippen LogP contribution >= 0.6 is 0 Å². The molecule has 2 aliphatic heterocycles. The van der Waals surface area contributed by atoms with Gasteiger partial charge in [0.05, 0.1) is 6.54 Å². The van der Waals surface area contributed by atoms with Gasteiger partial charge in [-0.2, -0.15) is 0 Å². The predicted octanol–water partition coefficient (Wildman–Crippen LogP) is 5.02. The first-order valence-corrected chi connectivity index (χ1v) is 14.0. The largest absolute Gasteiger partial charge is 0.456 e. The van der Waals surface area contributed by atoms with Crippen molar-refractivity contribution in [1.82, 2.24) is 4.90 Å². The number of amidine groups is 1. The van der Waals surface area contributed by atoms with Crippen molar-refractivity contribution in [3.8, 4) is 11.5 Å². The van der Waals surface area contributed by atoms with Crippen LogP contribution in [0.1, 0.15) is 54.7 Å². The number of nitrogens with zero attached hydrogens (tertiary/aromatic N) is 4. The van der Waals surface area contributed by atoms with Gasteiger partial charge in [0, 0.05) is 66.4 Å². The van der Waals surface area contributed by atoms with Crippen LogP contribution in [0.25, 0.3) is 0 Å². The summed E-state index contributed by atoms with van der Waals surface area (Å²) in [7, 11) is 0. The van der Waals surface area contributed by atoms with E-state index in [0.29, 0.717) is 17.1 Å². The first-order chi connectivity index (χ1) is 19.3. The van der Waals surface area contributed by atoms with Gasteiger partial charge in [0.2, 0.25) is 0 Å². The number of aliphatic imine (C=N–C) groups is 1. The van der Waals surface area contributed by atoms with E-state index in [-0.39, 0.29) is 24.1 Å². The molecule has 3 aromatic carbocycles. The third-order valence-corrected chi connectivity index (χ3v) is 7.99. The van der Waals surface area contributed by atoms with E-state index in [1.54, 1.807) is 4.90 Å². The standard InChI is InChI=1S/C32H38N6O2/c1-6-36(7-2)22-14-16-26-28(18-22)40-29-19-23(37(8-3)9-4)15-17-27(29)32(26)25-13-11-10-12-24(25)31(39)38(32)20-30(34)35-21(5)33/h10-19H,5-9,20,33H2,1-4H3,(H2,34,35). The first-order valence-electron chi connectivity index (χ1n) is 14.0. The van der Waals surface area contributed by atoms with Crippen molar-refractivity contribution in [3.05, 3.63) is 95.3 Å². The van der Waals surface area contributed by atoms with E-state index >= 15 is 0 Å². The van der Waals surface area contributed by atoms with Crippen molar-refractivity contribution >= 4 is 23.1 Å². The van der Waals surface area contributed by atoms with Gasteiger partial charge in [-0.1, -0.05) is 36.9 Å². The quantitative estimate of drug-likeness (QED) is 0.293. The minimum atomic E-state index is -0.976. The van der Waals surface area contributed by atoms with Gasteiger partial charge in [0.1, 0.15) is 28.7 Å². The minimum absolute atomic E-state index is 0.0677. The zero-order chi connectivity index (χ0) is 28.6. The zero-order valence-corrected chi connectivity index (χ0v) is 23.8. The van der Waals surface area contributed by atoms with Gasteiger partial charge in [-0.25, -0.2) is 4.99 Å². The molecule has 0 aromatic heterocycles. The van der Waals surface area contributed by atoms with Crippen LogP contribution in [0.3, 0.4) is 0 Å². The number of benzene rings is 3. The van der Waals surface area contributed by atoms with E-state index in [2.05, 4.69) is 85.5 Å². The normalized spacial score (nSPS) is 14.8. The SMILES string of the molecule is C=C(N)N=C(N)CN1C(=O)c2ccccc2C12c1ccc(N(CC)CC)cc1Oc1cc(N(CC)CC)ccc12. The molecule has 0 saturated carbocycles. The molecule has 208 valence electrons. The Hall–Kier alpha value is -4.46. The van der Waals surface area contributed by atoms with Gasteiger partial charge >= 0.3 is 0 Å². The smallest absolute Gasteiger partial charge is 0.255 e. The molecule has 0 atom stereocenters. The number of amides is 1. The van der Waals surface area contributed by atoms with Gasteiger partial charge in [0.15, 0.2) is 0 Å². The van der Waals surface area contributed by atoms with Crippen LogP contribution in [0.15, 0.2) is 78.1 Å². The van der Waals surface area contributed by atoms with E-state index in [1.165, 1.54) is 0 Å². The van der Waals surface area contributed by atoms with Crippen LogP contribution in [-0.4, -0.2) is 49.4 Å². The Labute approximate surface area is 236 Å². The van der Waals surface area contributed by atoms with Crippen LogP contribution in [0, 0.1) is 0 Å². The second-order valence-corrected chi connectivity index (χ2v) is 10.0. The van der Waals surface area contributed by atoms with Crippen molar-refractivity contribution in [2.45, 2.75) is 33.2 Å². The van der Waals surface area contributed by atoms with Crippen molar-refractivity contribution in [1.29, 1.82) is 0 Å². The summed E-state index contributed by atoms with van der Waals surface area (Å²) >= 11 is 0. The highest BCUT2D eigenvalue weighted by Crippen LogP contribution is 2.58. The summed E-state index contributed by atoms with van der Waals surface area (Å²) in [6.45, 7) is 15.8. The maximum atomic E-state index is 14.2. The molecule has 1 amide bonds. The van der Waals surface area contributed by atoms with E-state index in [1.807, 2.05) is 24.3 Å². The Morgan fingerprint density at radius 3 is 1.88 bits per heavy atom. The lowest BCUT2D eigenvalue weighted by atomic mass is 9.74. The van der Waals surface area contributed by atoms with E-state index < -0.39 is 5.54 Å². The number of anilines is 2. The maximum Gasteiger partial charge on any atom is 0.255 e. The molecule has 5 rings (SSSR count). The zero-order valence-electron chi connectivity index (χ0n) is 23.8. The molecule has 0 bridgehead atoms. The number of rotatable bonds is 9. The summed E-state index contributed by atoms with van der Waals surface area (Å²) in [4.78, 5) is 24.7. The summed E-state index contributed by atoms with van der Waals surface area (Å²) in [5.74, 6) is 1.60. The Morgan fingerprint density at radius 1 is 0.850 bits per heavy atom. The van der Waals surface area contributed by atoms with E-state index in [9.17, 15) is 4.79 Å². The molecule has 40 heavy (non-hydrogen) atoms. The maximum absolute atomic E-state index is 14.2. The van der Waals surface area contributed by atoms with Gasteiger partial charge in [-0.05, 0) is 51.5 Å². The summed E-state index contributed by atoms with van der Waals surface area (Å²) in [6, 6.07) is 20.3. The number of ether oxygens (including phenoxy) is 1. The van der Waals surface area contributed by atoms with Crippen molar-refractivity contribution in [3.63, 3.8) is 0 Å². The summed E-state index contributed by atoms with van der Waals surface area (Å²) in [5, 5.41) is 0. The highest BCUT2D eigenvalue weighted by atomic mass is 16.5. The highest BCUT2D eigenvalue weighted by molar-refractivity contribution is 6.04. The number of nitrogens with two attached hydrogens (primary N) is 2. The Balaban J connectivity index is 1.83. The number of carbonyl (C=O) groups excluding carboxylic acids is 1. The van der Waals surface area contributed by atoms with Crippen LogP contribution in [0.2, 0.25) is 0 Å². The lowest BCUT2D eigenvalue weighted by Gasteiger charge is -2.44. The highest BCUT2D eigenvalue weighted by Gasteiger charge is 2.56. The fourth-order valence-electron chi connectivity index (χ4n) is 6.20. The Morgan fingerprint density at radius 2 is 1.38 bits per heavy atom. The molecule has 2 heterocycles. The lowest BCUT2D eigenvalue weighted by Crippen LogP contribution is -2.50. The molecule has 8 nitrogen and oxygen atoms in total. The second-order valence-electron chi connectivity index (χ2n) is 10.0. The summed E-state index contributed by atoms with van der Waals surface area (Å²) in [6.07, 6.45) is 0. The third-order valence-electron chi connectivity index (χ3n) is 7.99. The van der Waals surface area contributed by atoms with Gasteiger partial charge in [0.25, 0.3) is 5.91 Å². The molecular formula is C32H38N6O2. The van der Waals surface area contributed by atoms with Crippen LogP contribution < -0.4 is 26.0 Å². The molecule has 8 heteroatoms. The molecule has 4 N–H and O–H groups in total. The first kappa shape index (κ1) is 27.1.